The minimum Gasteiger partial charge on any atom is -0.463 e. The summed E-state index contributed by atoms with van der Waals surface area (Å²) in [5, 5.41) is 0. The Morgan fingerprint density at radius 2 is 1.93 bits per heavy atom. The smallest absolute Gasteiger partial charge is 0.424 e. The van der Waals surface area contributed by atoms with Gasteiger partial charge in [-0.05, 0) is 6.92 Å². The molecule has 0 heterocycles. The molecule has 1 unspecified atom stereocenters. The van der Waals surface area contributed by atoms with Gasteiger partial charge < -0.3 is 4.74 Å². The molecule has 0 amide bonds. The van der Waals surface area contributed by atoms with Crippen molar-refractivity contribution in [1.29, 1.82) is 0 Å². The van der Waals surface area contributed by atoms with E-state index in [1.54, 1.807) is 0 Å². The number of esters is 1. The summed E-state index contributed by atoms with van der Waals surface area (Å²) in [5.74, 6) is -1.34. The molecule has 0 bridgehead atoms. The molecule has 3 nitrogen and oxygen atoms in total. The Labute approximate surface area is 87.8 Å². The summed E-state index contributed by atoms with van der Waals surface area (Å²) < 4.78 is 52.2. The van der Waals surface area contributed by atoms with Crippen molar-refractivity contribution in [3.63, 3.8) is 0 Å². The second kappa shape index (κ2) is 5.89. The van der Waals surface area contributed by atoms with Crippen LogP contribution in [-0.4, -0.2) is 28.7 Å². The van der Waals surface area contributed by atoms with E-state index in [9.17, 15) is 22.2 Å². The zero-order chi connectivity index (χ0) is 12.1. The number of alkyl halides is 3. The monoisotopic (exact) mass is 244 g/mol. The normalized spacial score (nSPS) is 14.9. The van der Waals surface area contributed by atoms with Crippen molar-refractivity contribution >= 4 is 16.8 Å². The predicted octanol–water partition coefficient (Wildman–Crippen LogP) is 1.76. The highest BCUT2D eigenvalue weighted by Gasteiger charge is 2.38. The predicted molar refractivity (Wildman–Crippen MR) is 49.5 cm³/mol. The molecule has 0 saturated heterocycles. The lowest BCUT2D eigenvalue weighted by Gasteiger charge is -2.09. The van der Waals surface area contributed by atoms with Crippen molar-refractivity contribution in [2.45, 2.75) is 20.0 Å². The molecule has 0 aromatic carbocycles. The van der Waals surface area contributed by atoms with Crippen LogP contribution in [0.25, 0.3) is 0 Å². The van der Waals surface area contributed by atoms with Crippen molar-refractivity contribution < 1.29 is 26.9 Å². The van der Waals surface area contributed by atoms with E-state index in [0.717, 1.165) is 0 Å². The van der Waals surface area contributed by atoms with E-state index in [1.165, 1.54) is 13.8 Å². The van der Waals surface area contributed by atoms with Crippen LogP contribution < -0.4 is 0 Å². The van der Waals surface area contributed by atoms with Gasteiger partial charge in [0, 0.05) is 11.8 Å². The molecule has 0 aliphatic heterocycles. The van der Waals surface area contributed by atoms with Crippen LogP contribution >= 0.6 is 0 Å². The van der Waals surface area contributed by atoms with Gasteiger partial charge in [0.05, 0.1) is 17.4 Å². The van der Waals surface area contributed by atoms with Gasteiger partial charge in [-0.1, -0.05) is 6.92 Å². The number of halogens is 3. The molecule has 88 valence electrons. The number of carbonyl (C=O) groups is 1. The quantitative estimate of drug-likeness (QED) is 0.559. The lowest BCUT2D eigenvalue weighted by atomic mass is 10.5. The Hall–Kier alpha value is -0.850. The molecule has 0 radical (unpaired) electrons. The van der Waals surface area contributed by atoms with Crippen LogP contribution in [0.3, 0.4) is 0 Å². The second-order valence-electron chi connectivity index (χ2n) is 2.39. The van der Waals surface area contributed by atoms with Gasteiger partial charge in [-0.15, -0.1) is 0 Å². The highest BCUT2D eigenvalue weighted by molar-refractivity contribution is 7.89. The lowest BCUT2D eigenvalue weighted by Crippen LogP contribution is -2.19. The molecule has 0 aromatic heterocycles. The van der Waals surface area contributed by atoms with Crippen molar-refractivity contribution in [3.8, 4) is 0 Å². The molecule has 0 saturated carbocycles. The van der Waals surface area contributed by atoms with Gasteiger partial charge in [0.1, 0.15) is 4.91 Å². The van der Waals surface area contributed by atoms with Crippen LogP contribution in [0.15, 0.2) is 11.0 Å². The van der Waals surface area contributed by atoms with Gasteiger partial charge in [-0.25, -0.2) is 4.79 Å². The van der Waals surface area contributed by atoms with E-state index in [0.29, 0.717) is 0 Å². The zero-order valence-electron chi connectivity index (χ0n) is 8.26. The van der Waals surface area contributed by atoms with E-state index in [2.05, 4.69) is 4.74 Å². The van der Waals surface area contributed by atoms with Crippen LogP contribution in [0.4, 0.5) is 13.2 Å². The van der Waals surface area contributed by atoms with Crippen LogP contribution in [0.5, 0.6) is 0 Å². The lowest BCUT2D eigenvalue weighted by molar-refractivity contribution is -0.138. The minimum atomic E-state index is -4.77. The van der Waals surface area contributed by atoms with Gasteiger partial charge in [-0.2, -0.15) is 13.2 Å². The van der Waals surface area contributed by atoms with Gasteiger partial charge in [0.25, 0.3) is 0 Å². The van der Waals surface area contributed by atoms with Crippen LogP contribution in [0.1, 0.15) is 13.8 Å². The number of ether oxygens (including phenoxy) is 1. The maximum absolute atomic E-state index is 12.3. The topological polar surface area (TPSA) is 43.4 Å². The number of rotatable bonds is 4. The molecule has 0 aliphatic rings. The highest BCUT2D eigenvalue weighted by atomic mass is 32.2. The summed E-state index contributed by atoms with van der Waals surface area (Å²) in [6.45, 7) is 2.77. The first-order valence-electron chi connectivity index (χ1n) is 4.16. The average molecular weight is 244 g/mol. The second-order valence-corrected chi connectivity index (χ2v) is 4.10. The number of hydrogen-bond donors (Lipinski definition) is 0. The minimum absolute atomic E-state index is 0.0285. The third-order valence-corrected chi connectivity index (χ3v) is 2.69. The Morgan fingerprint density at radius 1 is 1.40 bits per heavy atom. The molecule has 0 aliphatic carbocycles. The first kappa shape index (κ1) is 14.2. The van der Waals surface area contributed by atoms with Crippen LogP contribution in [0.2, 0.25) is 0 Å². The van der Waals surface area contributed by atoms with Gasteiger partial charge in [0.2, 0.25) is 0 Å². The zero-order valence-corrected chi connectivity index (χ0v) is 9.07. The molecule has 0 aromatic rings. The maximum Gasteiger partial charge on any atom is 0.424 e. The SMILES string of the molecule is CCOC(=O)/C=C(/S(=O)CC)C(F)(F)F. The average Bonchev–Trinajstić information content (AvgIpc) is 2.12. The van der Waals surface area contributed by atoms with Crippen molar-refractivity contribution in [3.05, 3.63) is 11.0 Å². The molecule has 0 rings (SSSR count). The standard InChI is InChI=1S/C8H11F3O3S/c1-3-14-7(12)5-6(8(9,10)11)15(13)4-2/h5H,3-4H2,1-2H3/b6-5+. The van der Waals surface area contributed by atoms with Crippen molar-refractivity contribution in [2.24, 2.45) is 0 Å². The van der Waals surface area contributed by atoms with Crippen molar-refractivity contribution in [2.75, 3.05) is 12.4 Å². The Balaban J connectivity index is 4.95. The first-order valence-corrected chi connectivity index (χ1v) is 5.48. The summed E-state index contributed by atoms with van der Waals surface area (Å²) in [6, 6.07) is 0. The fraction of sp³-hybridized carbons (Fsp3) is 0.625. The molecule has 0 N–H and O–H groups in total. The van der Waals surface area contributed by atoms with Crippen LogP contribution in [-0.2, 0) is 20.3 Å². The van der Waals surface area contributed by atoms with E-state index in [1.807, 2.05) is 0 Å². The Morgan fingerprint density at radius 3 is 2.27 bits per heavy atom. The van der Waals surface area contributed by atoms with Crippen LogP contribution in [0, 0.1) is 0 Å². The van der Waals surface area contributed by atoms with Gasteiger partial charge in [0.15, 0.2) is 0 Å². The number of allylic oxidation sites excluding steroid dienone is 1. The molecular formula is C8H11F3O3S. The Bertz CT molecular complexity index is 283. The summed E-state index contributed by atoms with van der Waals surface area (Å²) in [6.07, 6.45) is -4.53. The summed E-state index contributed by atoms with van der Waals surface area (Å²) in [4.78, 5) is 9.43. The molecule has 7 heteroatoms. The molecule has 1 atom stereocenters. The fourth-order valence-corrected chi connectivity index (χ4v) is 1.52. The largest absolute Gasteiger partial charge is 0.463 e. The van der Waals surface area contributed by atoms with Gasteiger partial charge in [-0.3, -0.25) is 4.21 Å². The van der Waals surface area contributed by atoms with E-state index in [-0.39, 0.29) is 18.4 Å². The highest BCUT2D eigenvalue weighted by Crippen LogP contribution is 2.28. The summed E-state index contributed by atoms with van der Waals surface area (Å²) in [5.41, 5.74) is 0. The maximum atomic E-state index is 12.3. The molecular weight excluding hydrogens is 233 g/mol. The Kier molecular flexibility index (Phi) is 5.56. The number of carbonyl (C=O) groups excluding carboxylic acids is 1. The number of hydrogen-bond acceptors (Lipinski definition) is 3. The van der Waals surface area contributed by atoms with Gasteiger partial charge >= 0.3 is 12.1 Å². The van der Waals surface area contributed by atoms with E-state index in [4.69, 9.17) is 0 Å². The molecule has 0 spiro atoms. The third-order valence-electron chi connectivity index (χ3n) is 1.32. The summed E-state index contributed by atoms with van der Waals surface area (Å²) >= 11 is 0. The van der Waals surface area contributed by atoms with E-state index < -0.39 is 27.9 Å². The fourth-order valence-electron chi connectivity index (χ4n) is 0.723. The third kappa shape index (κ3) is 4.96. The molecule has 15 heavy (non-hydrogen) atoms. The molecule has 0 fully saturated rings. The van der Waals surface area contributed by atoms with Crippen molar-refractivity contribution in [1.82, 2.24) is 0 Å². The summed E-state index contributed by atoms with van der Waals surface area (Å²) in [7, 11) is -2.22. The van der Waals surface area contributed by atoms with E-state index >= 15 is 0 Å². The first-order chi connectivity index (χ1) is 6.82.